The standard InChI is InChI=1S/C17H17N5O2/c18-10-12-4-3-8-20-16(12)21-13-6-9-22(11-15(13)23)17(24)14-5-1-2-7-19-14/h1-5,7-8,13,15,23H,6,9,11H2,(H,20,21)/t13-,15-/m1/s1. The molecule has 7 nitrogen and oxygen atoms in total. The lowest BCUT2D eigenvalue weighted by Gasteiger charge is -2.36. The number of hydrogen-bond acceptors (Lipinski definition) is 6. The number of pyridine rings is 2. The van der Waals surface area contributed by atoms with Gasteiger partial charge < -0.3 is 15.3 Å². The van der Waals surface area contributed by atoms with Gasteiger partial charge in [-0.2, -0.15) is 5.26 Å². The minimum atomic E-state index is -0.750. The van der Waals surface area contributed by atoms with Gasteiger partial charge in [0.15, 0.2) is 0 Å². The van der Waals surface area contributed by atoms with Gasteiger partial charge in [0, 0.05) is 25.5 Å². The van der Waals surface area contributed by atoms with Crippen molar-refractivity contribution in [3.63, 3.8) is 0 Å². The molecule has 0 aliphatic carbocycles. The molecule has 7 heteroatoms. The zero-order chi connectivity index (χ0) is 16.9. The van der Waals surface area contributed by atoms with Crippen molar-refractivity contribution in [1.82, 2.24) is 14.9 Å². The highest BCUT2D eigenvalue weighted by molar-refractivity contribution is 5.92. The number of rotatable bonds is 3. The van der Waals surface area contributed by atoms with Gasteiger partial charge in [-0.15, -0.1) is 0 Å². The number of nitrogens with zero attached hydrogens (tertiary/aromatic N) is 4. The maximum atomic E-state index is 12.4. The third kappa shape index (κ3) is 3.34. The SMILES string of the molecule is N#Cc1cccnc1N[C@@H]1CCN(C(=O)c2ccccn2)C[C@H]1O. The Balaban J connectivity index is 1.65. The Morgan fingerprint density at radius 3 is 2.83 bits per heavy atom. The molecule has 24 heavy (non-hydrogen) atoms. The van der Waals surface area contributed by atoms with Crippen LogP contribution in [0.25, 0.3) is 0 Å². The van der Waals surface area contributed by atoms with E-state index in [-0.39, 0.29) is 18.5 Å². The number of nitrogens with one attached hydrogen (secondary N) is 1. The molecule has 1 saturated heterocycles. The van der Waals surface area contributed by atoms with E-state index in [4.69, 9.17) is 5.26 Å². The maximum absolute atomic E-state index is 12.4. The van der Waals surface area contributed by atoms with Crippen molar-refractivity contribution in [2.45, 2.75) is 18.6 Å². The molecule has 1 aliphatic heterocycles. The van der Waals surface area contributed by atoms with Crippen LogP contribution in [0, 0.1) is 11.3 Å². The smallest absolute Gasteiger partial charge is 0.272 e. The molecule has 0 unspecified atom stereocenters. The van der Waals surface area contributed by atoms with E-state index in [0.717, 1.165) is 0 Å². The molecule has 122 valence electrons. The predicted octanol–water partition coefficient (Wildman–Crippen LogP) is 1.04. The molecule has 2 aromatic rings. The average Bonchev–Trinajstić information content (AvgIpc) is 2.64. The molecule has 1 amide bonds. The van der Waals surface area contributed by atoms with Crippen molar-refractivity contribution in [3.8, 4) is 6.07 Å². The van der Waals surface area contributed by atoms with Crippen LogP contribution in [0.15, 0.2) is 42.7 Å². The van der Waals surface area contributed by atoms with Gasteiger partial charge in [-0.25, -0.2) is 4.98 Å². The Morgan fingerprint density at radius 1 is 1.29 bits per heavy atom. The predicted molar refractivity (Wildman–Crippen MR) is 87.1 cm³/mol. The average molecular weight is 323 g/mol. The summed E-state index contributed by atoms with van der Waals surface area (Å²) in [6.07, 6.45) is 2.97. The monoisotopic (exact) mass is 323 g/mol. The first kappa shape index (κ1) is 15.9. The van der Waals surface area contributed by atoms with Crippen molar-refractivity contribution in [2.75, 3.05) is 18.4 Å². The number of nitriles is 1. The summed E-state index contributed by atoms with van der Waals surface area (Å²) in [5.41, 5.74) is 0.796. The van der Waals surface area contributed by atoms with Crippen molar-refractivity contribution < 1.29 is 9.90 Å². The molecular formula is C17H17N5O2. The fourth-order valence-corrected chi connectivity index (χ4v) is 2.72. The molecule has 0 saturated carbocycles. The Bertz CT molecular complexity index is 759. The summed E-state index contributed by atoms with van der Waals surface area (Å²) >= 11 is 0. The van der Waals surface area contributed by atoms with Crippen molar-refractivity contribution in [2.24, 2.45) is 0 Å². The van der Waals surface area contributed by atoms with Gasteiger partial charge in [-0.3, -0.25) is 9.78 Å². The molecule has 2 N–H and O–H groups in total. The lowest BCUT2D eigenvalue weighted by Crippen LogP contribution is -2.51. The summed E-state index contributed by atoms with van der Waals surface area (Å²) in [7, 11) is 0. The quantitative estimate of drug-likeness (QED) is 0.875. The van der Waals surface area contributed by atoms with Crippen LogP contribution in [0.3, 0.4) is 0 Å². The Hall–Kier alpha value is -2.98. The highest BCUT2D eigenvalue weighted by atomic mass is 16.3. The Labute approximate surface area is 139 Å². The molecular weight excluding hydrogens is 306 g/mol. The minimum absolute atomic E-state index is 0.191. The number of carbonyl (C=O) groups excluding carboxylic acids is 1. The van der Waals surface area contributed by atoms with Gasteiger partial charge in [-0.05, 0) is 30.7 Å². The lowest BCUT2D eigenvalue weighted by molar-refractivity contribution is 0.0421. The fourth-order valence-electron chi connectivity index (χ4n) is 2.72. The van der Waals surface area contributed by atoms with Crippen LogP contribution >= 0.6 is 0 Å². The zero-order valence-electron chi connectivity index (χ0n) is 13.0. The number of β-amino-alcohol motifs (C(OH)–C–C–N with tert-alkyl or cyclic N) is 1. The molecule has 1 fully saturated rings. The highest BCUT2D eigenvalue weighted by Gasteiger charge is 2.31. The number of aliphatic hydroxyl groups excluding tert-OH is 1. The number of carbonyl (C=O) groups is 1. The van der Waals surface area contributed by atoms with Crippen LogP contribution in [0.1, 0.15) is 22.5 Å². The second-order valence-electron chi connectivity index (χ2n) is 5.58. The van der Waals surface area contributed by atoms with Gasteiger partial charge in [0.25, 0.3) is 5.91 Å². The van der Waals surface area contributed by atoms with E-state index in [1.165, 1.54) is 0 Å². The number of amides is 1. The first-order valence-electron chi connectivity index (χ1n) is 7.69. The summed E-state index contributed by atoms with van der Waals surface area (Å²) in [4.78, 5) is 22.2. The van der Waals surface area contributed by atoms with Gasteiger partial charge in [-0.1, -0.05) is 6.07 Å². The number of anilines is 1. The summed E-state index contributed by atoms with van der Waals surface area (Å²) in [5, 5.41) is 22.6. The zero-order valence-corrected chi connectivity index (χ0v) is 13.0. The largest absolute Gasteiger partial charge is 0.389 e. The third-order valence-corrected chi connectivity index (χ3v) is 4.00. The minimum Gasteiger partial charge on any atom is -0.389 e. The van der Waals surface area contributed by atoms with E-state index < -0.39 is 6.10 Å². The number of likely N-dealkylation sites (tertiary alicyclic amines) is 1. The first-order chi connectivity index (χ1) is 11.7. The molecule has 3 rings (SSSR count). The van der Waals surface area contributed by atoms with Crippen LogP contribution in [0.4, 0.5) is 5.82 Å². The topological polar surface area (TPSA) is 102 Å². The second kappa shape index (κ2) is 7.06. The van der Waals surface area contributed by atoms with Gasteiger partial charge in [0.2, 0.25) is 0 Å². The highest BCUT2D eigenvalue weighted by Crippen LogP contribution is 2.19. The van der Waals surface area contributed by atoms with Crippen LogP contribution in [0.5, 0.6) is 0 Å². The number of aromatic nitrogens is 2. The van der Waals surface area contributed by atoms with Crippen molar-refractivity contribution in [1.29, 1.82) is 5.26 Å². The van der Waals surface area contributed by atoms with E-state index >= 15 is 0 Å². The summed E-state index contributed by atoms with van der Waals surface area (Å²) in [6.45, 7) is 0.709. The van der Waals surface area contributed by atoms with E-state index in [1.54, 1.807) is 47.6 Å². The molecule has 0 bridgehead atoms. The van der Waals surface area contributed by atoms with Crippen LogP contribution in [-0.2, 0) is 0 Å². The molecule has 0 spiro atoms. The van der Waals surface area contributed by atoms with Gasteiger partial charge in [0.05, 0.1) is 17.7 Å². The molecule has 2 aromatic heterocycles. The summed E-state index contributed by atoms with van der Waals surface area (Å²) in [5.74, 6) is 0.261. The van der Waals surface area contributed by atoms with Gasteiger partial charge in [0.1, 0.15) is 17.6 Å². The van der Waals surface area contributed by atoms with Crippen LogP contribution < -0.4 is 5.32 Å². The number of piperidine rings is 1. The van der Waals surface area contributed by atoms with E-state index in [0.29, 0.717) is 30.0 Å². The maximum Gasteiger partial charge on any atom is 0.272 e. The number of hydrogen-bond donors (Lipinski definition) is 2. The lowest BCUT2D eigenvalue weighted by atomic mass is 10.0. The first-order valence-corrected chi connectivity index (χ1v) is 7.69. The number of aliphatic hydroxyl groups is 1. The molecule has 2 atom stereocenters. The normalized spacial score (nSPS) is 20.2. The Kier molecular flexibility index (Phi) is 4.68. The molecule has 0 radical (unpaired) electrons. The van der Waals surface area contributed by atoms with E-state index in [9.17, 15) is 9.90 Å². The van der Waals surface area contributed by atoms with Crippen LogP contribution in [-0.4, -0.2) is 51.1 Å². The Morgan fingerprint density at radius 2 is 2.12 bits per heavy atom. The van der Waals surface area contributed by atoms with E-state index in [2.05, 4.69) is 21.4 Å². The summed E-state index contributed by atoms with van der Waals surface area (Å²) in [6, 6.07) is 10.3. The van der Waals surface area contributed by atoms with Crippen molar-refractivity contribution in [3.05, 3.63) is 54.0 Å². The van der Waals surface area contributed by atoms with Gasteiger partial charge >= 0.3 is 0 Å². The summed E-state index contributed by atoms with van der Waals surface area (Å²) < 4.78 is 0. The van der Waals surface area contributed by atoms with E-state index in [1.807, 2.05) is 0 Å². The fraction of sp³-hybridized carbons (Fsp3) is 0.294. The molecule has 1 aliphatic rings. The van der Waals surface area contributed by atoms with Crippen molar-refractivity contribution >= 4 is 11.7 Å². The second-order valence-corrected chi connectivity index (χ2v) is 5.58. The molecule has 3 heterocycles. The molecule has 0 aromatic carbocycles. The van der Waals surface area contributed by atoms with Crippen LogP contribution in [0.2, 0.25) is 0 Å². The third-order valence-electron chi connectivity index (χ3n) is 4.00.